The number of hydrogen-bond acceptors (Lipinski definition) is 5. The highest BCUT2D eigenvalue weighted by Gasteiger charge is 2.22. The molecule has 0 bridgehead atoms. The summed E-state index contributed by atoms with van der Waals surface area (Å²) < 4.78 is 27.7. The first-order valence-corrected chi connectivity index (χ1v) is 10.9. The zero-order valence-electron chi connectivity index (χ0n) is 13.2. The van der Waals surface area contributed by atoms with Crippen molar-refractivity contribution in [2.75, 3.05) is 17.2 Å². The number of thioether (sulfide) groups is 1. The fourth-order valence-corrected chi connectivity index (χ4v) is 5.25. The first kappa shape index (κ1) is 17.5. The van der Waals surface area contributed by atoms with Crippen molar-refractivity contribution >= 4 is 44.7 Å². The van der Waals surface area contributed by atoms with Gasteiger partial charge in [0, 0.05) is 29.8 Å². The summed E-state index contributed by atoms with van der Waals surface area (Å²) in [4.78, 5) is 15.7. The van der Waals surface area contributed by atoms with Crippen molar-refractivity contribution in [1.82, 2.24) is 4.72 Å². The van der Waals surface area contributed by atoms with Crippen LogP contribution in [0.25, 0.3) is 0 Å². The van der Waals surface area contributed by atoms with Crippen molar-refractivity contribution in [3.05, 3.63) is 40.6 Å². The maximum absolute atomic E-state index is 12.6. The number of carbonyl (C=O) groups excluding carboxylic acids is 1. The predicted molar refractivity (Wildman–Crippen MR) is 98.2 cm³/mol. The van der Waals surface area contributed by atoms with Gasteiger partial charge >= 0.3 is 0 Å². The molecule has 3 rings (SSSR count). The summed E-state index contributed by atoms with van der Waals surface area (Å²) >= 11 is 3.16. The van der Waals surface area contributed by atoms with Crippen molar-refractivity contribution < 1.29 is 13.2 Å². The van der Waals surface area contributed by atoms with E-state index in [0.717, 1.165) is 21.9 Å². The maximum atomic E-state index is 12.6. The second kappa shape index (κ2) is 7.26. The minimum Gasteiger partial charge on any atom is -0.311 e. The zero-order chi connectivity index (χ0) is 17.2. The van der Waals surface area contributed by atoms with E-state index in [1.807, 2.05) is 17.5 Å². The fourth-order valence-electron chi connectivity index (χ4n) is 2.51. The summed E-state index contributed by atoms with van der Waals surface area (Å²) in [5, 5.41) is 1.91. The monoisotopic (exact) mass is 382 g/mol. The molecule has 1 aliphatic heterocycles. The van der Waals surface area contributed by atoms with E-state index in [-0.39, 0.29) is 17.3 Å². The van der Waals surface area contributed by atoms with Crippen LogP contribution in [0.2, 0.25) is 0 Å². The van der Waals surface area contributed by atoms with Gasteiger partial charge in [0.15, 0.2) is 0 Å². The summed E-state index contributed by atoms with van der Waals surface area (Å²) in [5.41, 5.74) is 0.684. The number of thiophene rings is 1. The van der Waals surface area contributed by atoms with Crippen molar-refractivity contribution in [3.8, 4) is 0 Å². The fraction of sp³-hybridized carbons (Fsp3) is 0.312. The molecule has 128 valence electrons. The third kappa shape index (κ3) is 3.83. The summed E-state index contributed by atoms with van der Waals surface area (Å²) in [6.45, 7) is 2.39. The number of carbonyl (C=O) groups is 1. The number of fused-ring (bicyclic) bond motifs is 1. The molecule has 2 aromatic rings. The van der Waals surface area contributed by atoms with Crippen LogP contribution in [-0.2, 0) is 21.4 Å². The predicted octanol–water partition coefficient (Wildman–Crippen LogP) is 3.08. The molecule has 8 heteroatoms. The molecule has 1 aliphatic rings. The van der Waals surface area contributed by atoms with E-state index in [9.17, 15) is 13.2 Å². The van der Waals surface area contributed by atoms with E-state index in [1.54, 1.807) is 34.9 Å². The maximum Gasteiger partial charge on any atom is 0.240 e. The molecule has 0 aliphatic carbocycles. The average Bonchev–Trinajstić information content (AvgIpc) is 2.97. The molecule has 1 aromatic heterocycles. The quantitative estimate of drug-likeness (QED) is 0.882. The number of nitrogens with one attached hydrogen (secondary N) is 1. The molecule has 0 unspecified atom stereocenters. The molecule has 0 radical (unpaired) electrons. The number of benzene rings is 1. The Morgan fingerprint density at radius 3 is 2.88 bits per heavy atom. The van der Waals surface area contributed by atoms with Crippen LogP contribution in [0.4, 0.5) is 5.69 Å². The van der Waals surface area contributed by atoms with Gasteiger partial charge in [0.2, 0.25) is 15.9 Å². The standard InChI is InChI=1S/C16H18N2O3S3/c1-12(19)18-7-3-9-23-16-6-5-14(10-15(16)18)24(20,21)17-11-13-4-2-8-22-13/h2,4-6,8,10,17H,3,7,9,11H2,1H3. The smallest absolute Gasteiger partial charge is 0.240 e. The van der Waals surface area contributed by atoms with Crippen molar-refractivity contribution in [2.45, 2.75) is 29.7 Å². The Hall–Kier alpha value is -1.35. The van der Waals surface area contributed by atoms with Crippen molar-refractivity contribution in [1.29, 1.82) is 0 Å². The number of nitrogens with zero attached hydrogens (tertiary/aromatic N) is 1. The van der Waals surface area contributed by atoms with Crippen LogP contribution < -0.4 is 9.62 Å². The zero-order valence-corrected chi connectivity index (χ0v) is 15.6. The molecule has 5 nitrogen and oxygen atoms in total. The van der Waals surface area contributed by atoms with Gasteiger partial charge in [-0.3, -0.25) is 4.79 Å². The van der Waals surface area contributed by atoms with Crippen LogP contribution >= 0.6 is 23.1 Å². The number of anilines is 1. The Balaban J connectivity index is 1.90. The normalized spacial score (nSPS) is 15.0. The van der Waals surface area contributed by atoms with E-state index >= 15 is 0 Å². The van der Waals surface area contributed by atoms with Gasteiger partial charge in [0.05, 0.1) is 10.6 Å². The molecular formula is C16H18N2O3S3. The Labute approximate surface area is 150 Å². The molecule has 1 amide bonds. The summed E-state index contributed by atoms with van der Waals surface area (Å²) in [5.74, 6) is 0.847. The SMILES string of the molecule is CC(=O)N1CCCSc2ccc(S(=O)(=O)NCc3cccs3)cc21. The van der Waals surface area contributed by atoms with E-state index in [4.69, 9.17) is 0 Å². The molecule has 0 saturated carbocycles. The van der Waals surface area contributed by atoms with E-state index in [2.05, 4.69) is 4.72 Å². The van der Waals surface area contributed by atoms with Crippen LogP contribution in [-0.4, -0.2) is 26.6 Å². The number of hydrogen-bond donors (Lipinski definition) is 1. The highest BCUT2D eigenvalue weighted by molar-refractivity contribution is 7.99. The lowest BCUT2D eigenvalue weighted by atomic mass is 10.2. The summed E-state index contributed by atoms with van der Waals surface area (Å²) in [6, 6.07) is 8.77. The molecule has 0 saturated heterocycles. The van der Waals surface area contributed by atoms with Crippen LogP contribution in [0.5, 0.6) is 0 Å². The molecule has 24 heavy (non-hydrogen) atoms. The average molecular weight is 383 g/mol. The topological polar surface area (TPSA) is 66.5 Å². The lowest BCUT2D eigenvalue weighted by Gasteiger charge is -2.21. The highest BCUT2D eigenvalue weighted by atomic mass is 32.2. The van der Waals surface area contributed by atoms with Gasteiger partial charge in [0.1, 0.15) is 0 Å². The molecule has 0 spiro atoms. The van der Waals surface area contributed by atoms with Crippen molar-refractivity contribution in [2.24, 2.45) is 0 Å². The van der Waals surface area contributed by atoms with Crippen LogP contribution in [0.3, 0.4) is 0 Å². The second-order valence-electron chi connectivity index (χ2n) is 5.41. The molecule has 2 heterocycles. The first-order valence-electron chi connectivity index (χ1n) is 7.54. The highest BCUT2D eigenvalue weighted by Crippen LogP contribution is 2.35. The van der Waals surface area contributed by atoms with Gasteiger partial charge in [-0.2, -0.15) is 0 Å². The molecular weight excluding hydrogens is 364 g/mol. The number of rotatable bonds is 4. The van der Waals surface area contributed by atoms with Gasteiger partial charge in [-0.15, -0.1) is 23.1 Å². The third-order valence-corrected chi connectivity index (χ3v) is 7.14. The van der Waals surface area contributed by atoms with Gasteiger partial charge < -0.3 is 4.90 Å². The molecule has 0 fully saturated rings. The van der Waals surface area contributed by atoms with Gasteiger partial charge in [0.25, 0.3) is 0 Å². The Morgan fingerprint density at radius 2 is 2.17 bits per heavy atom. The van der Waals surface area contributed by atoms with E-state index in [0.29, 0.717) is 12.2 Å². The lowest BCUT2D eigenvalue weighted by molar-refractivity contribution is -0.116. The minimum atomic E-state index is -3.62. The molecule has 0 atom stereocenters. The Bertz CT molecular complexity index is 832. The third-order valence-electron chi connectivity index (χ3n) is 3.71. The van der Waals surface area contributed by atoms with Crippen LogP contribution in [0, 0.1) is 0 Å². The Morgan fingerprint density at radius 1 is 1.33 bits per heavy atom. The van der Waals surface area contributed by atoms with E-state index < -0.39 is 10.0 Å². The molecule has 1 N–H and O–H groups in total. The van der Waals surface area contributed by atoms with Crippen LogP contribution in [0.15, 0.2) is 45.5 Å². The lowest BCUT2D eigenvalue weighted by Crippen LogP contribution is -2.30. The van der Waals surface area contributed by atoms with Crippen molar-refractivity contribution in [3.63, 3.8) is 0 Å². The van der Waals surface area contributed by atoms with Gasteiger partial charge in [-0.25, -0.2) is 13.1 Å². The minimum absolute atomic E-state index is 0.0696. The Kier molecular flexibility index (Phi) is 5.29. The molecule has 1 aromatic carbocycles. The number of sulfonamides is 1. The summed E-state index contributed by atoms with van der Waals surface area (Å²) in [6.07, 6.45) is 0.887. The van der Waals surface area contributed by atoms with Gasteiger partial charge in [-0.1, -0.05) is 6.07 Å². The van der Waals surface area contributed by atoms with Crippen LogP contribution in [0.1, 0.15) is 18.2 Å². The largest absolute Gasteiger partial charge is 0.311 e. The van der Waals surface area contributed by atoms with Gasteiger partial charge in [-0.05, 0) is 41.8 Å². The second-order valence-corrected chi connectivity index (χ2v) is 9.34. The number of amides is 1. The summed E-state index contributed by atoms with van der Waals surface area (Å²) in [7, 11) is -3.62. The first-order chi connectivity index (χ1) is 11.5. The van der Waals surface area contributed by atoms with E-state index in [1.165, 1.54) is 18.3 Å².